The fourth-order valence-corrected chi connectivity index (χ4v) is 1.88. The molecule has 0 aliphatic carbocycles. The third kappa shape index (κ3) is 2.41. The number of hydrogen-bond acceptors (Lipinski definition) is 2. The van der Waals surface area contributed by atoms with Crippen LogP contribution in [0.15, 0.2) is 17.5 Å². The largest absolute Gasteiger partial charge is 0.176 e. The zero-order chi connectivity index (χ0) is 6.69. The molecule has 2 heteroatoms. The quantitative estimate of drug-likeness (QED) is 0.628. The van der Waals surface area contributed by atoms with E-state index >= 15 is 0 Å². The van der Waals surface area contributed by atoms with E-state index in [2.05, 4.69) is 37.1 Å². The summed E-state index contributed by atoms with van der Waals surface area (Å²) in [5, 5.41) is 2.59. The fraction of sp³-hybridized carbons (Fsp3) is 0.429. The molecular formula is C7H10S2. The first-order valence-electron chi connectivity index (χ1n) is 2.99. The van der Waals surface area contributed by atoms with Gasteiger partial charge in [-0.15, -0.1) is 11.3 Å². The van der Waals surface area contributed by atoms with Crippen molar-refractivity contribution in [2.24, 2.45) is 0 Å². The smallest absolute Gasteiger partial charge is 0.00560 e. The summed E-state index contributed by atoms with van der Waals surface area (Å²) in [6.45, 7) is 2.11. The van der Waals surface area contributed by atoms with E-state index in [1.54, 1.807) is 11.3 Å². The van der Waals surface area contributed by atoms with Crippen molar-refractivity contribution in [2.75, 3.05) is 0 Å². The van der Waals surface area contributed by atoms with Gasteiger partial charge in [-0.3, -0.25) is 0 Å². The van der Waals surface area contributed by atoms with Gasteiger partial charge in [-0.05, 0) is 17.9 Å². The molecule has 1 rings (SSSR count). The van der Waals surface area contributed by atoms with Crippen LogP contribution in [0.5, 0.6) is 0 Å². The van der Waals surface area contributed by atoms with Gasteiger partial charge in [0.25, 0.3) is 0 Å². The van der Waals surface area contributed by atoms with Crippen molar-refractivity contribution in [3.8, 4) is 0 Å². The Hall–Kier alpha value is 0.0500. The maximum Gasteiger partial charge on any atom is 0.00560 e. The van der Waals surface area contributed by atoms with Gasteiger partial charge in [-0.1, -0.05) is 13.0 Å². The van der Waals surface area contributed by atoms with Crippen molar-refractivity contribution < 1.29 is 0 Å². The van der Waals surface area contributed by atoms with Crippen LogP contribution in [-0.4, -0.2) is 5.25 Å². The summed E-state index contributed by atoms with van der Waals surface area (Å²) in [6, 6.07) is 4.23. The molecule has 0 radical (unpaired) electrons. The van der Waals surface area contributed by atoms with Crippen LogP contribution in [0.25, 0.3) is 0 Å². The predicted molar refractivity (Wildman–Crippen MR) is 46.5 cm³/mol. The highest BCUT2D eigenvalue weighted by Crippen LogP contribution is 2.12. The molecule has 0 nitrogen and oxygen atoms in total. The molecule has 1 aromatic heterocycles. The van der Waals surface area contributed by atoms with Crippen LogP contribution in [-0.2, 0) is 6.42 Å². The molecule has 50 valence electrons. The van der Waals surface area contributed by atoms with Crippen LogP contribution < -0.4 is 0 Å². The molecule has 0 aliphatic rings. The molecule has 0 spiro atoms. The van der Waals surface area contributed by atoms with Gasteiger partial charge in [0.05, 0.1) is 0 Å². The maximum atomic E-state index is 4.29. The van der Waals surface area contributed by atoms with Crippen molar-refractivity contribution in [1.82, 2.24) is 0 Å². The van der Waals surface area contributed by atoms with Crippen LogP contribution in [0.4, 0.5) is 0 Å². The summed E-state index contributed by atoms with van der Waals surface area (Å²) in [6.07, 6.45) is 1.10. The van der Waals surface area contributed by atoms with Crippen LogP contribution in [0.3, 0.4) is 0 Å². The summed E-state index contributed by atoms with van der Waals surface area (Å²) in [5.74, 6) is 0. The van der Waals surface area contributed by atoms with Crippen molar-refractivity contribution in [1.29, 1.82) is 0 Å². The van der Waals surface area contributed by atoms with Crippen molar-refractivity contribution in [3.05, 3.63) is 22.4 Å². The molecule has 0 bridgehead atoms. The Labute approximate surface area is 65.3 Å². The highest BCUT2D eigenvalue weighted by Gasteiger charge is 1.96. The molecule has 1 heterocycles. The van der Waals surface area contributed by atoms with E-state index in [0.717, 1.165) is 6.42 Å². The van der Waals surface area contributed by atoms with Crippen LogP contribution >= 0.6 is 24.0 Å². The molecular weight excluding hydrogens is 148 g/mol. The lowest BCUT2D eigenvalue weighted by atomic mass is 10.3. The standard InChI is InChI=1S/C7H10S2/c1-6(8)5-7-3-2-4-9-7/h2-4,6,8H,5H2,1H3/t6-/m0/s1. The van der Waals surface area contributed by atoms with Crippen molar-refractivity contribution in [3.63, 3.8) is 0 Å². The lowest BCUT2D eigenvalue weighted by Gasteiger charge is -1.97. The summed E-state index contributed by atoms with van der Waals surface area (Å²) < 4.78 is 0. The molecule has 0 N–H and O–H groups in total. The van der Waals surface area contributed by atoms with Gasteiger partial charge < -0.3 is 0 Å². The average Bonchev–Trinajstić information content (AvgIpc) is 2.15. The molecule has 0 unspecified atom stereocenters. The zero-order valence-electron chi connectivity index (χ0n) is 5.37. The molecule has 1 atom stereocenters. The topological polar surface area (TPSA) is 0 Å². The number of hydrogen-bond donors (Lipinski definition) is 1. The minimum atomic E-state index is 0.489. The third-order valence-corrected chi connectivity index (χ3v) is 2.16. The summed E-state index contributed by atoms with van der Waals surface area (Å²) in [4.78, 5) is 1.43. The minimum Gasteiger partial charge on any atom is -0.176 e. The van der Waals surface area contributed by atoms with Crippen molar-refractivity contribution >= 4 is 24.0 Å². The van der Waals surface area contributed by atoms with E-state index in [1.165, 1.54) is 4.88 Å². The number of thiophene rings is 1. The molecule has 0 aromatic carbocycles. The highest BCUT2D eigenvalue weighted by molar-refractivity contribution is 7.80. The second kappa shape index (κ2) is 3.28. The fourth-order valence-electron chi connectivity index (χ4n) is 0.720. The van der Waals surface area contributed by atoms with E-state index in [0.29, 0.717) is 5.25 Å². The second-order valence-corrected chi connectivity index (χ2v) is 4.05. The normalized spacial score (nSPS) is 13.6. The molecule has 0 saturated heterocycles. The molecule has 1 aromatic rings. The van der Waals surface area contributed by atoms with E-state index in [4.69, 9.17) is 0 Å². The highest BCUT2D eigenvalue weighted by atomic mass is 32.1. The molecule has 0 aliphatic heterocycles. The Kier molecular flexibility index (Phi) is 2.61. The Morgan fingerprint density at radius 3 is 3.00 bits per heavy atom. The first-order valence-corrected chi connectivity index (χ1v) is 4.39. The lowest BCUT2D eigenvalue weighted by Crippen LogP contribution is -1.93. The first kappa shape index (κ1) is 7.16. The SMILES string of the molecule is C[C@H](S)Cc1cccs1. The molecule has 0 saturated carbocycles. The Bertz CT molecular complexity index is 153. The lowest BCUT2D eigenvalue weighted by molar-refractivity contribution is 0.970. The Balaban J connectivity index is 2.48. The van der Waals surface area contributed by atoms with Crippen LogP contribution in [0.2, 0.25) is 0 Å². The molecule has 0 fully saturated rings. The first-order chi connectivity index (χ1) is 4.29. The number of thiol groups is 1. The maximum absolute atomic E-state index is 4.29. The van der Waals surface area contributed by atoms with E-state index in [-0.39, 0.29) is 0 Å². The van der Waals surface area contributed by atoms with Gasteiger partial charge in [0, 0.05) is 10.1 Å². The third-order valence-electron chi connectivity index (χ3n) is 1.08. The zero-order valence-corrected chi connectivity index (χ0v) is 7.08. The van der Waals surface area contributed by atoms with Crippen molar-refractivity contribution in [2.45, 2.75) is 18.6 Å². The molecule has 0 amide bonds. The Morgan fingerprint density at radius 1 is 1.78 bits per heavy atom. The van der Waals surface area contributed by atoms with Gasteiger partial charge in [-0.2, -0.15) is 12.6 Å². The molecule has 9 heavy (non-hydrogen) atoms. The minimum absolute atomic E-state index is 0.489. The summed E-state index contributed by atoms with van der Waals surface area (Å²) in [7, 11) is 0. The van der Waals surface area contributed by atoms with Crippen LogP contribution in [0.1, 0.15) is 11.8 Å². The predicted octanol–water partition coefficient (Wildman–Crippen LogP) is 2.61. The monoisotopic (exact) mass is 158 g/mol. The van der Waals surface area contributed by atoms with E-state index < -0.39 is 0 Å². The van der Waals surface area contributed by atoms with Gasteiger partial charge in [0.1, 0.15) is 0 Å². The van der Waals surface area contributed by atoms with E-state index in [9.17, 15) is 0 Å². The van der Waals surface area contributed by atoms with Crippen LogP contribution in [0, 0.1) is 0 Å². The summed E-state index contributed by atoms with van der Waals surface area (Å²) >= 11 is 6.09. The van der Waals surface area contributed by atoms with Gasteiger partial charge in [-0.25, -0.2) is 0 Å². The average molecular weight is 158 g/mol. The number of rotatable bonds is 2. The van der Waals surface area contributed by atoms with Gasteiger partial charge in [0.15, 0.2) is 0 Å². The van der Waals surface area contributed by atoms with Gasteiger partial charge in [0.2, 0.25) is 0 Å². The Morgan fingerprint density at radius 2 is 2.56 bits per heavy atom. The van der Waals surface area contributed by atoms with E-state index in [1.807, 2.05) is 0 Å². The summed E-state index contributed by atoms with van der Waals surface area (Å²) in [5.41, 5.74) is 0. The van der Waals surface area contributed by atoms with Gasteiger partial charge >= 0.3 is 0 Å². The second-order valence-electron chi connectivity index (χ2n) is 2.13.